The van der Waals surface area contributed by atoms with E-state index in [0.717, 1.165) is 93.6 Å². The third-order valence-electron chi connectivity index (χ3n) is 10.1. The lowest BCUT2D eigenvalue weighted by atomic mass is 10.0. The number of carbonyl (C=O) groups excluding carboxylic acids is 1. The Hall–Kier alpha value is -6.16. The Bertz CT molecular complexity index is 2620. The van der Waals surface area contributed by atoms with E-state index in [0.29, 0.717) is 24.5 Å². The van der Waals surface area contributed by atoms with E-state index in [1.807, 2.05) is 62.4 Å². The van der Waals surface area contributed by atoms with Crippen LogP contribution in [-0.2, 0) is 26.1 Å². The number of para-hydroxylation sites is 2. The molecule has 0 fully saturated rings. The zero-order valence-electron chi connectivity index (χ0n) is 30.9. The summed E-state index contributed by atoms with van der Waals surface area (Å²) in [6.45, 7) is 13.9. The fourth-order valence-corrected chi connectivity index (χ4v) is 7.46. The molecule has 1 amide bonds. The van der Waals surface area contributed by atoms with Gasteiger partial charge in [-0.05, 0) is 113 Å². The molecular formula is C43H43N9O. The van der Waals surface area contributed by atoms with Crippen LogP contribution in [0.1, 0.15) is 56.2 Å². The average molecular weight is 702 g/mol. The van der Waals surface area contributed by atoms with Crippen LogP contribution in [0, 0.1) is 0 Å². The molecule has 0 atom stereocenters. The van der Waals surface area contributed by atoms with Crippen molar-refractivity contribution in [1.82, 2.24) is 43.5 Å². The van der Waals surface area contributed by atoms with Crippen molar-refractivity contribution in [3.05, 3.63) is 114 Å². The summed E-state index contributed by atoms with van der Waals surface area (Å²) in [4.78, 5) is 39.9. The maximum absolute atomic E-state index is 13.1. The van der Waals surface area contributed by atoms with Crippen LogP contribution in [0.5, 0.6) is 0 Å². The van der Waals surface area contributed by atoms with Gasteiger partial charge >= 0.3 is 0 Å². The van der Waals surface area contributed by atoms with Gasteiger partial charge in [-0.2, -0.15) is 0 Å². The Morgan fingerprint density at radius 2 is 0.981 bits per heavy atom. The van der Waals surface area contributed by atoms with Crippen molar-refractivity contribution in [2.45, 2.75) is 60.7 Å². The molecule has 0 unspecified atom stereocenters. The Morgan fingerprint density at radius 1 is 0.509 bits per heavy atom. The van der Waals surface area contributed by atoms with Crippen LogP contribution in [0.15, 0.2) is 97.1 Å². The van der Waals surface area contributed by atoms with Crippen molar-refractivity contribution >= 4 is 39.0 Å². The fourth-order valence-electron chi connectivity index (χ4n) is 7.46. The minimum Gasteiger partial charge on any atom is -0.338 e. The molecule has 0 spiro atoms. The number of carbonyl (C=O) groups is 1. The first-order valence-electron chi connectivity index (χ1n) is 18.6. The molecule has 0 aliphatic carbocycles. The molecular weight excluding hydrogens is 659 g/mol. The maximum Gasteiger partial charge on any atom is 0.272 e. The van der Waals surface area contributed by atoms with E-state index in [2.05, 4.69) is 76.9 Å². The lowest BCUT2D eigenvalue weighted by molar-refractivity contribution is 0.0767. The first kappa shape index (κ1) is 34.0. The number of aryl methyl sites for hydroxylation is 3. The highest BCUT2D eigenvalue weighted by Crippen LogP contribution is 2.30. The molecule has 0 saturated heterocycles. The maximum atomic E-state index is 13.1. The summed E-state index contributed by atoms with van der Waals surface area (Å²) in [7, 11) is 0. The number of hydrogen-bond acceptors (Lipinski definition) is 6. The summed E-state index contributed by atoms with van der Waals surface area (Å²) in [5.74, 6) is 2.40. The van der Waals surface area contributed by atoms with E-state index < -0.39 is 0 Å². The van der Waals surface area contributed by atoms with Crippen molar-refractivity contribution in [2.24, 2.45) is 0 Å². The summed E-state index contributed by atoms with van der Waals surface area (Å²) in [5.41, 5.74) is 11.1. The number of amides is 1. The van der Waals surface area contributed by atoms with Crippen LogP contribution in [0.2, 0.25) is 0 Å². The van der Waals surface area contributed by atoms with E-state index >= 15 is 0 Å². The van der Waals surface area contributed by atoms with Crippen molar-refractivity contribution in [1.29, 1.82) is 0 Å². The lowest BCUT2D eigenvalue weighted by Crippen LogP contribution is -2.31. The van der Waals surface area contributed by atoms with Crippen molar-refractivity contribution < 1.29 is 4.79 Å². The van der Waals surface area contributed by atoms with E-state index in [9.17, 15) is 4.79 Å². The lowest BCUT2D eigenvalue weighted by Gasteiger charge is -2.18. The molecule has 8 aromatic rings. The summed E-state index contributed by atoms with van der Waals surface area (Å²) >= 11 is 0. The van der Waals surface area contributed by atoms with Gasteiger partial charge in [-0.3, -0.25) is 4.79 Å². The van der Waals surface area contributed by atoms with Crippen LogP contribution in [-0.4, -0.2) is 62.5 Å². The van der Waals surface area contributed by atoms with Crippen molar-refractivity contribution in [2.75, 3.05) is 13.1 Å². The number of hydrogen-bond donors (Lipinski definition) is 0. The van der Waals surface area contributed by atoms with Gasteiger partial charge in [0.15, 0.2) is 17.5 Å². The highest BCUT2D eigenvalue weighted by molar-refractivity contribution is 5.93. The van der Waals surface area contributed by atoms with Gasteiger partial charge in [0.05, 0.1) is 33.1 Å². The van der Waals surface area contributed by atoms with Gasteiger partial charge in [-0.15, -0.1) is 0 Å². The molecule has 0 N–H and O–H groups in total. The number of pyridine rings is 2. The Balaban J connectivity index is 1.10. The first-order chi connectivity index (χ1) is 25.9. The number of fused-ring (bicyclic) bond motifs is 3. The number of nitrogens with zero attached hydrogens (tertiary/aromatic N) is 9. The molecule has 0 aliphatic heterocycles. The Kier molecular flexibility index (Phi) is 9.04. The van der Waals surface area contributed by atoms with E-state index in [-0.39, 0.29) is 5.91 Å². The second-order valence-corrected chi connectivity index (χ2v) is 13.1. The van der Waals surface area contributed by atoms with Gasteiger partial charge in [0.1, 0.15) is 22.8 Å². The predicted octanol–water partition coefficient (Wildman–Crippen LogP) is 8.66. The number of rotatable bonds is 11. The first-order valence-corrected chi connectivity index (χ1v) is 18.6. The minimum absolute atomic E-state index is 0.0652. The molecule has 5 heterocycles. The molecule has 0 bridgehead atoms. The van der Waals surface area contributed by atoms with Gasteiger partial charge < -0.3 is 18.6 Å². The molecule has 0 saturated carbocycles. The number of aromatic nitrogens is 8. The fraction of sp³-hybridized carbons (Fsp3) is 0.256. The molecule has 5 aromatic heterocycles. The molecule has 8 rings (SSSR count). The SMILES string of the molecule is CCN(CC)C(=O)c1cccc(-c2nc3cc(Cc4ccc5c(c4)nc(-c4cccc(-c6nc7ccccc7n6CC)n4)n5CC)ccc3n2CC)n1. The van der Waals surface area contributed by atoms with Crippen LogP contribution >= 0.6 is 0 Å². The second-order valence-electron chi connectivity index (χ2n) is 13.1. The second kappa shape index (κ2) is 14.1. The molecule has 266 valence electrons. The van der Waals surface area contributed by atoms with Gasteiger partial charge in [0.25, 0.3) is 5.91 Å². The normalized spacial score (nSPS) is 11.6. The molecule has 10 nitrogen and oxygen atoms in total. The molecule has 0 aliphatic rings. The van der Waals surface area contributed by atoms with Crippen LogP contribution < -0.4 is 0 Å². The molecule has 0 radical (unpaired) electrons. The summed E-state index contributed by atoms with van der Waals surface area (Å²) < 4.78 is 6.61. The van der Waals surface area contributed by atoms with Crippen LogP contribution in [0.4, 0.5) is 0 Å². The summed E-state index contributed by atoms with van der Waals surface area (Å²) in [6, 6.07) is 33.0. The average Bonchev–Trinajstić information content (AvgIpc) is 3.89. The van der Waals surface area contributed by atoms with Gasteiger partial charge in [0, 0.05) is 32.7 Å². The smallest absolute Gasteiger partial charge is 0.272 e. The van der Waals surface area contributed by atoms with Crippen molar-refractivity contribution in [3.63, 3.8) is 0 Å². The van der Waals surface area contributed by atoms with Crippen LogP contribution in [0.25, 0.3) is 67.7 Å². The minimum atomic E-state index is -0.0652. The van der Waals surface area contributed by atoms with Crippen molar-refractivity contribution in [3.8, 4) is 34.6 Å². The standard InChI is InChI=1S/C43H43N9O/c1-6-49(7-2)43(53)34-19-14-18-33(45-34)42-48-36-27-29(22-24-39(36)52(42)10-5)25-28-21-23-38-35(26-28)47-41(51(38)9-4)32-17-13-16-31(44-32)40-46-30-15-11-12-20-37(30)50(40)8-3/h11-24,26-27H,6-10,25H2,1-5H3. The molecule has 53 heavy (non-hydrogen) atoms. The third kappa shape index (κ3) is 6.03. The summed E-state index contributed by atoms with van der Waals surface area (Å²) in [5, 5.41) is 0. The quantitative estimate of drug-likeness (QED) is 0.134. The van der Waals surface area contributed by atoms with Gasteiger partial charge in [-0.25, -0.2) is 24.9 Å². The highest BCUT2D eigenvalue weighted by atomic mass is 16.2. The van der Waals surface area contributed by atoms with E-state index in [1.54, 1.807) is 11.0 Å². The Morgan fingerprint density at radius 3 is 1.51 bits per heavy atom. The highest BCUT2D eigenvalue weighted by Gasteiger charge is 2.20. The zero-order valence-corrected chi connectivity index (χ0v) is 30.9. The zero-order chi connectivity index (χ0) is 36.6. The van der Waals surface area contributed by atoms with Gasteiger partial charge in [0.2, 0.25) is 0 Å². The third-order valence-corrected chi connectivity index (χ3v) is 10.1. The predicted molar refractivity (Wildman–Crippen MR) is 212 cm³/mol. The van der Waals surface area contributed by atoms with E-state index in [4.69, 9.17) is 24.9 Å². The molecule has 10 heteroatoms. The number of benzene rings is 3. The van der Waals surface area contributed by atoms with Crippen LogP contribution in [0.3, 0.4) is 0 Å². The summed E-state index contributed by atoms with van der Waals surface area (Å²) in [6.07, 6.45) is 0.738. The molecule has 3 aromatic carbocycles. The monoisotopic (exact) mass is 701 g/mol. The topological polar surface area (TPSA) is 99.6 Å². The number of imidazole rings is 3. The van der Waals surface area contributed by atoms with E-state index in [1.165, 1.54) is 5.56 Å². The largest absolute Gasteiger partial charge is 0.338 e. The Labute approximate surface area is 308 Å². The van der Waals surface area contributed by atoms with Gasteiger partial charge in [-0.1, -0.05) is 36.4 Å².